The van der Waals surface area contributed by atoms with Crippen LogP contribution in [0.15, 0.2) is 24.3 Å². The minimum absolute atomic E-state index is 0.224. The molecule has 4 nitrogen and oxygen atoms in total. The summed E-state index contributed by atoms with van der Waals surface area (Å²) >= 11 is 8.10. The molecule has 3 fully saturated rings. The number of carbonyl (C=O) groups excluding carboxylic acids is 2. The van der Waals surface area contributed by atoms with E-state index in [1.165, 1.54) is 19.3 Å². The largest absolute Gasteiger partial charge is 0.461 e. The van der Waals surface area contributed by atoms with E-state index in [-0.39, 0.29) is 20.1 Å². The summed E-state index contributed by atoms with van der Waals surface area (Å²) in [4.78, 5) is 23.3. The third kappa shape index (κ3) is 5.49. The summed E-state index contributed by atoms with van der Waals surface area (Å²) < 4.78 is 11.2. The van der Waals surface area contributed by atoms with Crippen molar-refractivity contribution in [3.8, 4) is 0 Å². The number of ether oxygens (including phenoxy) is 2. The molecule has 156 valence electrons. The normalized spacial score (nSPS) is 34.5. The molecule has 2 saturated heterocycles. The van der Waals surface area contributed by atoms with Crippen molar-refractivity contribution in [3.05, 3.63) is 24.3 Å². The average molecular weight is 461 g/mol. The van der Waals surface area contributed by atoms with E-state index in [1.807, 2.05) is 47.0 Å². The lowest BCUT2D eigenvalue weighted by molar-refractivity contribution is -0.139. The zero-order valence-electron chi connectivity index (χ0n) is 16.5. The number of hydrogen-bond donors (Lipinski definition) is 0. The van der Waals surface area contributed by atoms with Gasteiger partial charge >= 0.3 is 11.9 Å². The van der Waals surface area contributed by atoms with Crippen molar-refractivity contribution in [1.29, 1.82) is 0 Å². The van der Waals surface area contributed by atoms with Crippen molar-refractivity contribution < 1.29 is 19.1 Å². The van der Waals surface area contributed by atoms with Crippen molar-refractivity contribution in [2.45, 2.75) is 58.2 Å². The fraction of sp³-hybridized carbons (Fsp3) is 0.700. The minimum Gasteiger partial charge on any atom is -0.461 e. The summed E-state index contributed by atoms with van der Waals surface area (Å²) in [6, 6.07) is 0. The van der Waals surface area contributed by atoms with Crippen LogP contribution in [0.3, 0.4) is 0 Å². The highest BCUT2D eigenvalue weighted by atomic mass is 32.2. The number of rotatable bonds is 6. The molecule has 0 aromatic carbocycles. The van der Waals surface area contributed by atoms with Gasteiger partial charge in [0.15, 0.2) is 0 Å². The Hall–Kier alpha value is -0.180. The van der Waals surface area contributed by atoms with Crippen LogP contribution in [-0.4, -0.2) is 55.3 Å². The van der Waals surface area contributed by atoms with E-state index in [9.17, 15) is 9.59 Å². The van der Waals surface area contributed by atoms with Crippen molar-refractivity contribution in [1.82, 2.24) is 0 Å². The van der Waals surface area contributed by atoms with Gasteiger partial charge in [0.25, 0.3) is 0 Å². The minimum atomic E-state index is -0.291. The molecule has 0 amide bonds. The lowest BCUT2D eigenvalue weighted by Gasteiger charge is -2.42. The van der Waals surface area contributed by atoms with E-state index in [2.05, 4.69) is 13.2 Å². The van der Waals surface area contributed by atoms with Crippen LogP contribution in [0.2, 0.25) is 0 Å². The van der Waals surface area contributed by atoms with Crippen molar-refractivity contribution >= 4 is 59.0 Å². The van der Waals surface area contributed by atoms with Crippen LogP contribution in [0.5, 0.6) is 0 Å². The first kappa shape index (κ1) is 22.5. The second kappa shape index (κ2) is 9.31. The second-order valence-electron chi connectivity index (χ2n) is 7.71. The number of esters is 2. The van der Waals surface area contributed by atoms with E-state index < -0.39 is 0 Å². The standard InChI is InChI=1S/C20H28O4S4/c1-13(2)17(21)23-8-15-10-25-19(27-15)6-5-7-20(12-19)26-11-16(28-20)9-24-18(22)14(3)4/h15-16H,1,3,5-12H2,2,4H3. The SMILES string of the molecule is C=C(C)C(=O)OCC1CSC2(CCCC3(C2)SCC(COC(=O)C(=C)C)S3)S1. The molecule has 2 heterocycles. The van der Waals surface area contributed by atoms with Crippen LogP contribution in [0.1, 0.15) is 39.5 Å². The molecule has 1 aliphatic carbocycles. The highest BCUT2D eigenvalue weighted by molar-refractivity contribution is 8.23. The zero-order valence-corrected chi connectivity index (χ0v) is 19.8. The van der Waals surface area contributed by atoms with Gasteiger partial charge in [-0.2, -0.15) is 0 Å². The first-order chi connectivity index (χ1) is 13.2. The lowest BCUT2D eigenvalue weighted by Crippen LogP contribution is -2.36. The van der Waals surface area contributed by atoms with E-state index in [1.54, 1.807) is 13.8 Å². The number of carbonyl (C=O) groups is 2. The molecule has 4 atom stereocenters. The van der Waals surface area contributed by atoms with E-state index in [4.69, 9.17) is 9.47 Å². The van der Waals surface area contributed by atoms with E-state index in [0.29, 0.717) is 34.9 Å². The smallest absolute Gasteiger partial charge is 0.333 e. The van der Waals surface area contributed by atoms with Crippen LogP contribution < -0.4 is 0 Å². The molecule has 8 heteroatoms. The maximum Gasteiger partial charge on any atom is 0.333 e. The zero-order chi connectivity index (χ0) is 20.4. The van der Waals surface area contributed by atoms with Crippen LogP contribution in [0.4, 0.5) is 0 Å². The first-order valence-corrected chi connectivity index (χ1v) is 13.2. The molecule has 3 rings (SSSR count). The van der Waals surface area contributed by atoms with E-state index in [0.717, 1.165) is 17.9 Å². The fourth-order valence-electron chi connectivity index (χ4n) is 3.64. The van der Waals surface area contributed by atoms with Gasteiger partial charge in [-0.3, -0.25) is 0 Å². The molecule has 1 saturated carbocycles. The fourth-order valence-corrected chi connectivity index (χ4v) is 11.8. The molecular weight excluding hydrogens is 432 g/mol. The molecule has 2 aliphatic heterocycles. The molecule has 0 radical (unpaired) electrons. The van der Waals surface area contributed by atoms with Gasteiger partial charge in [0.1, 0.15) is 13.2 Å². The Labute approximate surface area is 184 Å². The predicted molar refractivity (Wildman–Crippen MR) is 123 cm³/mol. The molecule has 0 aromatic heterocycles. The average Bonchev–Trinajstić information content (AvgIpc) is 3.21. The molecule has 2 spiro atoms. The Morgan fingerprint density at radius 2 is 1.32 bits per heavy atom. The Balaban J connectivity index is 1.51. The topological polar surface area (TPSA) is 52.6 Å². The molecule has 3 aliphatic rings. The first-order valence-electron chi connectivity index (χ1n) is 9.51. The van der Waals surface area contributed by atoms with Gasteiger partial charge in [0.2, 0.25) is 0 Å². The van der Waals surface area contributed by atoms with Crippen molar-refractivity contribution in [3.63, 3.8) is 0 Å². The molecule has 0 bridgehead atoms. The highest BCUT2D eigenvalue weighted by Gasteiger charge is 2.53. The summed E-state index contributed by atoms with van der Waals surface area (Å²) in [6.45, 7) is 11.6. The Bertz CT molecular complexity index is 613. The number of hydrogen-bond acceptors (Lipinski definition) is 8. The van der Waals surface area contributed by atoms with Gasteiger partial charge in [0, 0.05) is 33.2 Å². The van der Waals surface area contributed by atoms with Gasteiger partial charge in [0.05, 0.1) is 8.16 Å². The molecular formula is C20H28O4S4. The molecule has 0 aromatic rings. The van der Waals surface area contributed by atoms with Gasteiger partial charge in [-0.05, 0) is 39.5 Å². The van der Waals surface area contributed by atoms with Crippen LogP contribution >= 0.6 is 47.0 Å². The van der Waals surface area contributed by atoms with Gasteiger partial charge < -0.3 is 9.47 Å². The van der Waals surface area contributed by atoms with Crippen molar-refractivity contribution in [2.24, 2.45) is 0 Å². The molecule has 28 heavy (non-hydrogen) atoms. The van der Waals surface area contributed by atoms with Gasteiger partial charge in [-0.25, -0.2) is 9.59 Å². The second-order valence-corrected chi connectivity index (χ2v) is 14.4. The predicted octanol–water partition coefficient (Wildman–Crippen LogP) is 4.89. The summed E-state index contributed by atoms with van der Waals surface area (Å²) in [5.41, 5.74) is 0.915. The van der Waals surface area contributed by atoms with Gasteiger partial charge in [-0.1, -0.05) is 13.2 Å². The Morgan fingerprint density at radius 1 is 0.893 bits per heavy atom. The van der Waals surface area contributed by atoms with Crippen molar-refractivity contribution in [2.75, 3.05) is 24.7 Å². The monoisotopic (exact) mass is 460 g/mol. The summed E-state index contributed by atoms with van der Waals surface area (Å²) in [6.07, 6.45) is 4.80. The lowest BCUT2D eigenvalue weighted by atomic mass is 9.98. The Morgan fingerprint density at radius 3 is 1.71 bits per heavy atom. The van der Waals surface area contributed by atoms with Crippen LogP contribution in [0.25, 0.3) is 0 Å². The summed E-state index contributed by atoms with van der Waals surface area (Å²) in [7, 11) is 0. The van der Waals surface area contributed by atoms with Gasteiger partial charge in [-0.15, -0.1) is 47.0 Å². The molecule has 0 N–H and O–H groups in total. The maximum atomic E-state index is 11.7. The number of thioether (sulfide) groups is 4. The van der Waals surface area contributed by atoms with Crippen LogP contribution in [0, 0.1) is 0 Å². The highest BCUT2D eigenvalue weighted by Crippen LogP contribution is 2.65. The molecule has 4 unspecified atom stereocenters. The summed E-state index contributed by atoms with van der Waals surface area (Å²) in [5.74, 6) is 1.47. The van der Waals surface area contributed by atoms with E-state index >= 15 is 0 Å². The Kier molecular flexibility index (Phi) is 7.48. The van der Waals surface area contributed by atoms with Crippen LogP contribution in [-0.2, 0) is 19.1 Å². The summed E-state index contributed by atoms with van der Waals surface area (Å²) in [5, 5.41) is 0.708. The quantitative estimate of drug-likeness (QED) is 0.410. The third-order valence-electron chi connectivity index (χ3n) is 4.98. The third-order valence-corrected chi connectivity index (χ3v) is 12.4. The maximum absolute atomic E-state index is 11.7.